The van der Waals surface area contributed by atoms with Gasteiger partial charge in [-0.05, 0) is 44.6 Å². The highest BCUT2D eigenvalue weighted by Gasteiger charge is 2.46. The molecule has 0 unspecified atom stereocenters. The zero-order valence-corrected chi connectivity index (χ0v) is 13.9. The van der Waals surface area contributed by atoms with E-state index in [0.29, 0.717) is 19.0 Å². The second kappa shape index (κ2) is 6.93. The Hall–Kier alpha value is -1.88. The Morgan fingerprint density at radius 1 is 1.29 bits per heavy atom. The quantitative estimate of drug-likeness (QED) is 0.856. The molecule has 0 bridgehead atoms. The van der Waals surface area contributed by atoms with E-state index in [4.69, 9.17) is 9.47 Å². The van der Waals surface area contributed by atoms with Gasteiger partial charge in [-0.3, -0.25) is 4.79 Å². The van der Waals surface area contributed by atoms with Gasteiger partial charge in [-0.2, -0.15) is 0 Å². The summed E-state index contributed by atoms with van der Waals surface area (Å²) in [7, 11) is 0. The van der Waals surface area contributed by atoms with Crippen LogP contribution in [0.25, 0.3) is 0 Å². The third-order valence-electron chi connectivity index (χ3n) is 5.27. The third-order valence-corrected chi connectivity index (χ3v) is 5.27. The summed E-state index contributed by atoms with van der Waals surface area (Å²) < 4.78 is 12.0. The molecule has 3 aliphatic rings. The lowest BCUT2D eigenvalue weighted by Gasteiger charge is -2.39. The lowest BCUT2D eigenvalue weighted by atomic mass is 9.97. The van der Waals surface area contributed by atoms with Crippen molar-refractivity contribution in [3.63, 3.8) is 0 Å². The first-order valence-electron chi connectivity index (χ1n) is 9.02. The summed E-state index contributed by atoms with van der Waals surface area (Å²) in [6.45, 7) is 1.27. The smallest absolute Gasteiger partial charge is 0.249 e. The van der Waals surface area contributed by atoms with Crippen LogP contribution in [0, 0.1) is 0 Å². The molecule has 24 heavy (non-hydrogen) atoms. The van der Waals surface area contributed by atoms with Gasteiger partial charge >= 0.3 is 0 Å². The van der Waals surface area contributed by atoms with E-state index in [-0.39, 0.29) is 24.2 Å². The number of hydrogen-bond acceptors (Lipinski definition) is 4. The molecule has 0 spiro atoms. The van der Waals surface area contributed by atoms with Gasteiger partial charge in [0.25, 0.3) is 0 Å². The molecule has 1 aliphatic heterocycles. The SMILES string of the molecule is O=C(C1=CCCCC1)N1CCO[C@@H]2[C@@H](Oc3ccccn3)CC[C@H]21. The normalized spacial score (nSPS) is 29.8. The first-order chi connectivity index (χ1) is 11.8. The number of hydrogen-bond donors (Lipinski definition) is 0. The van der Waals surface area contributed by atoms with E-state index in [1.165, 1.54) is 6.42 Å². The number of morpholine rings is 1. The number of amides is 1. The Labute approximate surface area is 142 Å². The molecule has 2 heterocycles. The summed E-state index contributed by atoms with van der Waals surface area (Å²) in [6.07, 6.45) is 9.90. The Morgan fingerprint density at radius 3 is 3.04 bits per heavy atom. The lowest BCUT2D eigenvalue weighted by molar-refractivity contribution is -0.144. The summed E-state index contributed by atoms with van der Waals surface area (Å²) in [4.78, 5) is 19.2. The molecular formula is C19H24N2O3. The van der Waals surface area contributed by atoms with E-state index in [9.17, 15) is 4.79 Å². The van der Waals surface area contributed by atoms with Gasteiger partial charge in [-0.25, -0.2) is 4.98 Å². The maximum Gasteiger partial charge on any atom is 0.249 e. The number of rotatable bonds is 3. The standard InChI is InChI=1S/C19H24N2O3/c22-19(14-6-2-1-3-7-14)21-12-13-23-18-15(21)9-10-16(18)24-17-8-4-5-11-20-17/h4-6,8,11,15-16,18H,1-3,7,9-10,12-13H2/t15-,16+,18+/m1/s1. The fraction of sp³-hybridized carbons (Fsp3) is 0.579. The van der Waals surface area contributed by atoms with Crippen molar-refractivity contribution in [3.8, 4) is 5.88 Å². The molecule has 0 aromatic carbocycles. The molecule has 5 nitrogen and oxygen atoms in total. The highest BCUT2D eigenvalue weighted by Crippen LogP contribution is 2.34. The minimum atomic E-state index is -0.0473. The lowest BCUT2D eigenvalue weighted by Crippen LogP contribution is -2.54. The van der Waals surface area contributed by atoms with E-state index >= 15 is 0 Å². The molecule has 1 saturated heterocycles. The van der Waals surface area contributed by atoms with Crippen molar-refractivity contribution in [2.24, 2.45) is 0 Å². The van der Waals surface area contributed by atoms with Crippen LogP contribution in [-0.4, -0.2) is 47.2 Å². The second-order valence-corrected chi connectivity index (χ2v) is 6.78. The molecule has 3 atom stereocenters. The van der Waals surface area contributed by atoms with E-state index in [1.807, 2.05) is 23.1 Å². The summed E-state index contributed by atoms with van der Waals surface area (Å²) >= 11 is 0. The van der Waals surface area contributed by atoms with Crippen LogP contribution in [0.5, 0.6) is 5.88 Å². The average Bonchev–Trinajstić information content (AvgIpc) is 3.06. The minimum Gasteiger partial charge on any atom is -0.471 e. The molecule has 1 saturated carbocycles. The predicted molar refractivity (Wildman–Crippen MR) is 89.7 cm³/mol. The van der Waals surface area contributed by atoms with Crippen molar-refractivity contribution in [3.05, 3.63) is 36.0 Å². The number of carbonyl (C=O) groups excluding carboxylic acids is 1. The fourth-order valence-electron chi connectivity index (χ4n) is 4.08. The van der Waals surface area contributed by atoms with Crippen LogP contribution in [0.2, 0.25) is 0 Å². The molecule has 2 aliphatic carbocycles. The zero-order chi connectivity index (χ0) is 16.4. The van der Waals surface area contributed by atoms with Crippen LogP contribution in [-0.2, 0) is 9.53 Å². The maximum atomic E-state index is 12.9. The minimum absolute atomic E-state index is 0.0270. The van der Waals surface area contributed by atoms with E-state index < -0.39 is 0 Å². The van der Waals surface area contributed by atoms with Crippen molar-refractivity contribution in [2.45, 2.75) is 56.8 Å². The molecule has 1 amide bonds. The summed E-state index contributed by atoms with van der Waals surface area (Å²) in [6, 6.07) is 5.79. The number of ether oxygens (including phenoxy) is 2. The third kappa shape index (κ3) is 3.05. The summed E-state index contributed by atoms with van der Waals surface area (Å²) in [5, 5.41) is 0. The van der Waals surface area contributed by atoms with Gasteiger partial charge in [0.2, 0.25) is 11.8 Å². The van der Waals surface area contributed by atoms with Gasteiger partial charge in [-0.1, -0.05) is 12.1 Å². The molecule has 5 heteroatoms. The number of pyridine rings is 1. The Bertz CT molecular complexity index is 616. The van der Waals surface area contributed by atoms with Gasteiger partial charge < -0.3 is 14.4 Å². The van der Waals surface area contributed by atoms with Crippen LogP contribution in [0.15, 0.2) is 36.0 Å². The average molecular weight is 328 g/mol. The van der Waals surface area contributed by atoms with Crippen molar-refractivity contribution in [2.75, 3.05) is 13.2 Å². The van der Waals surface area contributed by atoms with Crippen molar-refractivity contribution >= 4 is 5.91 Å². The van der Waals surface area contributed by atoms with Crippen molar-refractivity contribution in [1.82, 2.24) is 9.88 Å². The molecule has 2 fully saturated rings. The highest BCUT2D eigenvalue weighted by molar-refractivity contribution is 5.93. The molecule has 0 radical (unpaired) electrons. The molecule has 1 aromatic heterocycles. The van der Waals surface area contributed by atoms with Crippen molar-refractivity contribution in [1.29, 1.82) is 0 Å². The number of fused-ring (bicyclic) bond motifs is 1. The molecular weight excluding hydrogens is 304 g/mol. The van der Waals surface area contributed by atoms with Gasteiger partial charge in [-0.15, -0.1) is 0 Å². The largest absolute Gasteiger partial charge is 0.471 e. The first kappa shape index (κ1) is 15.6. The van der Waals surface area contributed by atoms with Crippen molar-refractivity contribution < 1.29 is 14.3 Å². The summed E-state index contributed by atoms with van der Waals surface area (Å²) in [5.41, 5.74) is 0.996. The van der Waals surface area contributed by atoms with Crippen LogP contribution in [0.4, 0.5) is 0 Å². The van der Waals surface area contributed by atoms with Gasteiger partial charge in [0.1, 0.15) is 12.2 Å². The van der Waals surface area contributed by atoms with Gasteiger partial charge in [0.05, 0.1) is 12.6 Å². The van der Waals surface area contributed by atoms with Crippen LogP contribution >= 0.6 is 0 Å². The number of allylic oxidation sites excluding steroid dienone is 1. The Morgan fingerprint density at radius 2 is 2.25 bits per heavy atom. The number of carbonyl (C=O) groups is 1. The summed E-state index contributed by atoms with van der Waals surface area (Å²) in [5.74, 6) is 0.844. The van der Waals surface area contributed by atoms with E-state index in [2.05, 4.69) is 11.1 Å². The molecule has 4 rings (SSSR count). The van der Waals surface area contributed by atoms with Crippen LogP contribution in [0.3, 0.4) is 0 Å². The predicted octanol–water partition coefficient (Wildman–Crippen LogP) is 2.72. The van der Waals surface area contributed by atoms with Crippen LogP contribution in [0.1, 0.15) is 38.5 Å². The fourth-order valence-corrected chi connectivity index (χ4v) is 4.08. The highest BCUT2D eigenvalue weighted by atomic mass is 16.5. The molecule has 0 N–H and O–H groups in total. The van der Waals surface area contributed by atoms with Gasteiger partial charge in [0, 0.05) is 24.4 Å². The Kier molecular flexibility index (Phi) is 4.52. The second-order valence-electron chi connectivity index (χ2n) is 6.78. The molecule has 1 aromatic rings. The van der Waals surface area contributed by atoms with E-state index in [1.54, 1.807) is 6.20 Å². The zero-order valence-electron chi connectivity index (χ0n) is 13.9. The first-order valence-corrected chi connectivity index (χ1v) is 9.02. The molecule has 128 valence electrons. The maximum absolute atomic E-state index is 12.9. The van der Waals surface area contributed by atoms with Gasteiger partial charge in [0.15, 0.2) is 0 Å². The topological polar surface area (TPSA) is 51.7 Å². The van der Waals surface area contributed by atoms with Crippen LogP contribution < -0.4 is 4.74 Å². The van der Waals surface area contributed by atoms with E-state index in [0.717, 1.165) is 37.7 Å². The number of nitrogens with zero attached hydrogens (tertiary/aromatic N) is 2. The Balaban J connectivity index is 1.46. The number of aromatic nitrogens is 1. The monoisotopic (exact) mass is 328 g/mol.